The summed E-state index contributed by atoms with van der Waals surface area (Å²) in [4.78, 5) is 6.96. The van der Waals surface area contributed by atoms with Crippen molar-refractivity contribution in [2.45, 2.75) is 26.3 Å². The van der Waals surface area contributed by atoms with Crippen LogP contribution >= 0.6 is 11.6 Å². The molecule has 2 aromatic rings. The van der Waals surface area contributed by atoms with Gasteiger partial charge in [-0.25, -0.2) is 4.98 Å². The number of oxazole rings is 1. The van der Waals surface area contributed by atoms with Gasteiger partial charge in [0.05, 0.1) is 11.8 Å². The lowest BCUT2D eigenvalue weighted by Crippen LogP contribution is -2.33. The molecule has 1 aromatic carbocycles. The second-order valence-electron chi connectivity index (χ2n) is 5.71. The Morgan fingerprint density at radius 1 is 1.41 bits per heavy atom. The van der Waals surface area contributed by atoms with Gasteiger partial charge in [-0.2, -0.15) is 5.26 Å². The number of piperidine rings is 1. The molecule has 0 amide bonds. The molecule has 1 saturated heterocycles. The third-order valence-electron chi connectivity index (χ3n) is 4.11. The topological polar surface area (TPSA) is 53.1 Å². The molecule has 0 radical (unpaired) electrons. The number of halogens is 1. The van der Waals surface area contributed by atoms with Crippen molar-refractivity contribution < 1.29 is 4.42 Å². The summed E-state index contributed by atoms with van der Waals surface area (Å²) in [7, 11) is 0. The standard InChI is InChI=1S/C17H18ClN3O/c1-12-16(11-21-7-5-13(10-19)6-8-21)20-17(22-12)14-3-2-4-15(18)9-14/h2-4,9,13H,5-8,11H2,1H3. The maximum atomic E-state index is 8.96. The van der Waals surface area contributed by atoms with Crippen LogP contribution in [0.4, 0.5) is 0 Å². The van der Waals surface area contributed by atoms with Gasteiger partial charge in [0, 0.05) is 23.0 Å². The zero-order valence-electron chi connectivity index (χ0n) is 12.6. The number of hydrogen-bond acceptors (Lipinski definition) is 4. The van der Waals surface area contributed by atoms with Crippen molar-refractivity contribution in [2.24, 2.45) is 5.92 Å². The Bertz CT molecular complexity index is 696. The largest absolute Gasteiger partial charge is 0.441 e. The highest BCUT2D eigenvalue weighted by Gasteiger charge is 2.21. The maximum Gasteiger partial charge on any atom is 0.226 e. The van der Waals surface area contributed by atoms with Crippen molar-refractivity contribution in [1.29, 1.82) is 5.26 Å². The maximum absolute atomic E-state index is 8.96. The van der Waals surface area contributed by atoms with Gasteiger partial charge in [-0.1, -0.05) is 17.7 Å². The van der Waals surface area contributed by atoms with Crippen LogP contribution in [-0.4, -0.2) is 23.0 Å². The van der Waals surface area contributed by atoms with Crippen molar-refractivity contribution >= 4 is 11.6 Å². The molecule has 1 aromatic heterocycles. The molecule has 0 N–H and O–H groups in total. The molecule has 0 aliphatic carbocycles. The van der Waals surface area contributed by atoms with Gasteiger partial charge in [0.2, 0.25) is 5.89 Å². The number of aromatic nitrogens is 1. The van der Waals surface area contributed by atoms with Gasteiger partial charge in [0.15, 0.2) is 0 Å². The molecule has 1 fully saturated rings. The summed E-state index contributed by atoms with van der Waals surface area (Å²) in [6.45, 7) is 4.60. The van der Waals surface area contributed by atoms with E-state index in [1.165, 1.54) is 0 Å². The van der Waals surface area contributed by atoms with Crippen LogP contribution in [0.3, 0.4) is 0 Å². The molecule has 1 aliphatic rings. The smallest absolute Gasteiger partial charge is 0.226 e. The second kappa shape index (κ2) is 6.51. The Balaban J connectivity index is 1.72. The first-order chi connectivity index (χ1) is 10.7. The van der Waals surface area contributed by atoms with E-state index in [2.05, 4.69) is 16.0 Å². The summed E-state index contributed by atoms with van der Waals surface area (Å²) in [6.07, 6.45) is 1.88. The number of aryl methyl sites for hydroxylation is 1. The zero-order chi connectivity index (χ0) is 15.5. The van der Waals surface area contributed by atoms with Gasteiger partial charge in [-0.05, 0) is 51.1 Å². The summed E-state index contributed by atoms with van der Waals surface area (Å²) < 4.78 is 5.79. The number of rotatable bonds is 3. The Labute approximate surface area is 135 Å². The number of nitriles is 1. The van der Waals surface area contributed by atoms with E-state index in [1.807, 2.05) is 31.2 Å². The molecule has 3 rings (SSSR count). The summed E-state index contributed by atoms with van der Waals surface area (Å²) in [5.41, 5.74) is 1.86. The highest BCUT2D eigenvalue weighted by Crippen LogP contribution is 2.26. The summed E-state index contributed by atoms with van der Waals surface area (Å²) in [5.74, 6) is 1.66. The average molecular weight is 316 g/mol. The zero-order valence-corrected chi connectivity index (χ0v) is 13.3. The molecule has 0 bridgehead atoms. The molecule has 1 aliphatic heterocycles. The normalized spacial score (nSPS) is 16.6. The molecule has 0 atom stereocenters. The first-order valence-electron chi connectivity index (χ1n) is 7.50. The Morgan fingerprint density at radius 2 is 2.18 bits per heavy atom. The molecule has 0 spiro atoms. The highest BCUT2D eigenvalue weighted by atomic mass is 35.5. The van der Waals surface area contributed by atoms with E-state index in [0.717, 1.165) is 49.5 Å². The fourth-order valence-corrected chi connectivity index (χ4v) is 2.94. The van der Waals surface area contributed by atoms with Crippen molar-refractivity contribution in [3.05, 3.63) is 40.7 Å². The lowest BCUT2D eigenvalue weighted by Gasteiger charge is -2.28. The van der Waals surface area contributed by atoms with Crippen LogP contribution in [0.25, 0.3) is 11.5 Å². The van der Waals surface area contributed by atoms with Crippen LogP contribution in [-0.2, 0) is 6.54 Å². The number of nitrogens with zero attached hydrogens (tertiary/aromatic N) is 3. The van der Waals surface area contributed by atoms with Crippen molar-refractivity contribution in [2.75, 3.05) is 13.1 Å². The molecule has 2 heterocycles. The van der Waals surface area contributed by atoms with Crippen LogP contribution in [0.5, 0.6) is 0 Å². The molecular weight excluding hydrogens is 298 g/mol. The highest BCUT2D eigenvalue weighted by molar-refractivity contribution is 6.30. The van der Waals surface area contributed by atoms with E-state index in [4.69, 9.17) is 21.3 Å². The third-order valence-corrected chi connectivity index (χ3v) is 4.34. The number of hydrogen-bond donors (Lipinski definition) is 0. The quantitative estimate of drug-likeness (QED) is 0.857. The fraction of sp³-hybridized carbons (Fsp3) is 0.412. The minimum atomic E-state index is 0.205. The Morgan fingerprint density at radius 3 is 2.86 bits per heavy atom. The SMILES string of the molecule is Cc1oc(-c2cccc(Cl)c2)nc1CN1CCC(C#N)CC1. The minimum Gasteiger partial charge on any atom is -0.441 e. The van der Waals surface area contributed by atoms with Crippen LogP contribution in [0.1, 0.15) is 24.3 Å². The second-order valence-corrected chi connectivity index (χ2v) is 6.15. The van der Waals surface area contributed by atoms with E-state index < -0.39 is 0 Å². The molecular formula is C17H18ClN3O. The van der Waals surface area contributed by atoms with Crippen molar-refractivity contribution in [1.82, 2.24) is 9.88 Å². The summed E-state index contributed by atoms with van der Waals surface area (Å²) in [5, 5.41) is 9.63. The molecule has 5 heteroatoms. The van der Waals surface area contributed by atoms with E-state index >= 15 is 0 Å². The van der Waals surface area contributed by atoms with Gasteiger partial charge in [0.25, 0.3) is 0 Å². The first-order valence-corrected chi connectivity index (χ1v) is 7.87. The molecule has 22 heavy (non-hydrogen) atoms. The van der Waals surface area contributed by atoms with Crippen LogP contribution in [0.15, 0.2) is 28.7 Å². The van der Waals surface area contributed by atoms with Crippen molar-refractivity contribution in [3.63, 3.8) is 0 Å². The van der Waals surface area contributed by atoms with E-state index in [0.29, 0.717) is 10.9 Å². The third kappa shape index (κ3) is 3.32. The average Bonchev–Trinajstić information content (AvgIpc) is 2.89. The fourth-order valence-electron chi connectivity index (χ4n) is 2.75. The predicted molar refractivity (Wildman–Crippen MR) is 85.3 cm³/mol. The first kappa shape index (κ1) is 15.1. The summed E-state index contributed by atoms with van der Waals surface area (Å²) >= 11 is 6.02. The van der Waals surface area contributed by atoms with Gasteiger partial charge < -0.3 is 4.42 Å². The Hall–Kier alpha value is -1.83. The van der Waals surface area contributed by atoms with E-state index in [-0.39, 0.29) is 5.92 Å². The molecule has 114 valence electrons. The lowest BCUT2D eigenvalue weighted by atomic mass is 9.98. The Kier molecular flexibility index (Phi) is 4.47. The van der Waals surface area contributed by atoms with Gasteiger partial charge in [-0.15, -0.1) is 0 Å². The number of benzene rings is 1. The minimum absolute atomic E-state index is 0.205. The van der Waals surface area contributed by atoms with E-state index in [9.17, 15) is 0 Å². The van der Waals surface area contributed by atoms with Crippen LogP contribution < -0.4 is 0 Å². The van der Waals surface area contributed by atoms with Gasteiger partial charge >= 0.3 is 0 Å². The monoisotopic (exact) mass is 315 g/mol. The van der Waals surface area contributed by atoms with Crippen molar-refractivity contribution in [3.8, 4) is 17.5 Å². The van der Waals surface area contributed by atoms with Gasteiger partial charge in [-0.3, -0.25) is 4.90 Å². The van der Waals surface area contributed by atoms with Crippen LogP contribution in [0, 0.1) is 24.2 Å². The predicted octanol–water partition coefficient (Wildman–Crippen LogP) is 4.04. The number of likely N-dealkylation sites (tertiary alicyclic amines) is 1. The van der Waals surface area contributed by atoms with Crippen LogP contribution in [0.2, 0.25) is 5.02 Å². The summed E-state index contributed by atoms with van der Waals surface area (Å²) in [6, 6.07) is 9.88. The van der Waals surface area contributed by atoms with E-state index in [1.54, 1.807) is 0 Å². The molecule has 4 nitrogen and oxygen atoms in total. The molecule has 0 unspecified atom stereocenters. The molecule has 0 saturated carbocycles. The van der Waals surface area contributed by atoms with Gasteiger partial charge in [0.1, 0.15) is 5.76 Å². The lowest BCUT2D eigenvalue weighted by molar-refractivity contribution is 0.195.